The van der Waals surface area contributed by atoms with Crippen LogP contribution >= 0.6 is 11.8 Å². The van der Waals surface area contributed by atoms with Crippen molar-refractivity contribution in [3.05, 3.63) is 29.8 Å². The van der Waals surface area contributed by atoms with E-state index in [0.717, 1.165) is 5.56 Å². The van der Waals surface area contributed by atoms with Crippen molar-refractivity contribution >= 4 is 17.4 Å². The molecule has 84 valence electrons. The van der Waals surface area contributed by atoms with Gasteiger partial charge in [0.2, 0.25) is 0 Å². The highest BCUT2D eigenvalue weighted by Gasteiger charge is 2.12. The number of thioether (sulfide) groups is 1. The maximum atomic E-state index is 8.58. The zero-order valence-electron chi connectivity index (χ0n) is 9.28. The first-order chi connectivity index (χ1) is 7.88. The van der Waals surface area contributed by atoms with Crippen molar-refractivity contribution in [1.29, 1.82) is 5.26 Å². The topological polar surface area (TPSA) is 35.8 Å². The summed E-state index contributed by atoms with van der Waals surface area (Å²) in [6, 6.07) is 11.0. The molecule has 0 bridgehead atoms. The third-order valence-electron chi connectivity index (χ3n) is 2.77. The van der Waals surface area contributed by atoms with Gasteiger partial charge in [0.05, 0.1) is 12.5 Å². The lowest BCUT2D eigenvalue weighted by molar-refractivity contribution is 0.685. The van der Waals surface area contributed by atoms with E-state index >= 15 is 0 Å². The largest absolute Gasteiger partial charge is 0.381 e. The Kier molecular flexibility index (Phi) is 4.12. The summed E-state index contributed by atoms with van der Waals surface area (Å²) in [4.78, 5) is 0. The minimum Gasteiger partial charge on any atom is -0.381 e. The summed E-state index contributed by atoms with van der Waals surface area (Å²) in [6.45, 7) is 0. The third kappa shape index (κ3) is 3.18. The first-order valence-corrected chi connectivity index (χ1v) is 6.84. The number of nitrogens with one attached hydrogen (secondary N) is 1. The van der Waals surface area contributed by atoms with Gasteiger partial charge in [-0.15, -0.1) is 0 Å². The van der Waals surface area contributed by atoms with Crippen LogP contribution in [0.15, 0.2) is 24.3 Å². The predicted octanol–water partition coefficient (Wildman–Crippen LogP) is 3.06. The number of hydrogen-bond donors (Lipinski definition) is 1. The van der Waals surface area contributed by atoms with Gasteiger partial charge in [0.15, 0.2) is 0 Å². The van der Waals surface area contributed by atoms with Crippen molar-refractivity contribution in [3.8, 4) is 6.07 Å². The highest BCUT2D eigenvalue weighted by Crippen LogP contribution is 2.21. The van der Waals surface area contributed by atoms with Gasteiger partial charge in [-0.05, 0) is 36.3 Å². The van der Waals surface area contributed by atoms with Crippen molar-refractivity contribution in [1.82, 2.24) is 0 Å². The molecule has 1 fully saturated rings. The molecule has 1 heterocycles. The van der Waals surface area contributed by atoms with E-state index in [-0.39, 0.29) is 0 Å². The van der Waals surface area contributed by atoms with Crippen molar-refractivity contribution < 1.29 is 0 Å². The van der Waals surface area contributed by atoms with Crippen molar-refractivity contribution in [3.63, 3.8) is 0 Å². The van der Waals surface area contributed by atoms with E-state index in [0.29, 0.717) is 12.5 Å². The smallest absolute Gasteiger partial charge is 0.0669 e. The molecule has 1 atom stereocenters. The molecule has 1 saturated heterocycles. The SMILES string of the molecule is N#CCc1ccc(NC2CCCSC2)cc1. The van der Waals surface area contributed by atoms with E-state index in [4.69, 9.17) is 5.26 Å². The number of nitrogens with zero attached hydrogens (tertiary/aromatic N) is 1. The molecule has 1 aliphatic heterocycles. The van der Waals surface area contributed by atoms with Gasteiger partial charge in [0.1, 0.15) is 0 Å². The molecule has 1 N–H and O–H groups in total. The van der Waals surface area contributed by atoms with Crippen LogP contribution in [0.4, 0.5) is 5.69 Å². The average Bonchev–Trinajstić information content (AvgIpc) is 2.33. The van der Waals surface area contributed by atoms with Crippen LogP contribution in [0.2, 0.25) is 0 Å². The Balaban J connectivity index is 1.91. The molecule has 1 aliphatic rings. The Hall–Kier alpha value is -1.14. The van der Waals surface area contributed by atoms with Crippen LogP contribution in [0, 0.1) is 11.3 Å². The van der Waals surface area contributed by atoms with Crippen LogP contribution < -0.4 is 5.32 Å². The van der Waals surface area contributed by atoms with Gasteiger partial charge in [0, 0.05) is 17.5 Å². The maximum absolute atomic E-state index is 8.58. The lowest BCUT2D eigenvalue weighted by Crippen LogP contribution is -2.25. The van der Waals surface area contributed by atoms with Gasteiger partial charge in [-0.3, -0.25) is 0 Å². The summed E-state index contributed by atoms with van der Waals surface area (Å²) in [6.07, 6.45) is 3.08. The predicted molar refractivity (Wildman–Crippen MR) is 69.7 cm³/mol. The molecule has 0 spiro atoms. The normalized spacial score (nSPS) is 20.1. The van der Waals surface area contributed by atoms with Crippen molar-refractivity contribution in [2.45, 2.75) is 25.3 Å². The Morgan fingerprint density at radius 2 is 2.19 bits per heavy atom. The van der Waals surface area contributed by atoms with Gasteiger partial charge in [-0.2, -0.15) is 17.0 Å². The Morgan fingerprint density at radius 3 is 2.81 bits per heavy atom. The molecule has 3 heteroatoms. The molecule has 0 aliphatic carbocycles. The van der Waals surface area contributed by atoms with Crippen LogP contribution in [0.5, 0.6) is 0 Å². The fourth-order valence-electron chi connectivity index (χ4n) is 1.90. The lowest BCUT2D eigenvalue weighted by atomic mass is 10.1. The molecule has 1 unspecified atom stereocenters. The molecule has 2 rings (SSSR count). The molecule has 0 radical (unpaired) electrons. The number of rotatable bonds is 3. The summed E-state index contributed by atoms with van der Waals surface area (Å²) >= 11 is 2.03. The monoisotopic (exact) mass is 232 g/mol. The second kappa shape index (κ2) is 5.81. The lowest BCUT2D eigenvalue weighted by Gasteiger charge is -2.23. The Bertz CT molecular complexity index is 361. The fraction of sp³-hybridized carbons (Fsp3) is 0.462. The first kappa shape index (κ1) is 11.3. The molecule has 2 nitrogen and oxygen atoms in total. The van der Waals surface area contributed by atoms with Crippen molar-refractivity contribution in [2.75, 3.05) is 16.8 Å². The molecular formula is C13H16N2S. The molecule has 0 aromatic heterocycles. The van der Waals surface area contributed by atoms with Crippen LogP contribution in [-0.4, -0.2) is 17.5 Å². The molecule has 1 aromatic rings. The quantitative estimate of drug-likeness (QED) is 0.870. The fourth-order valence-corrected chi connectivity index (χ4v) is 2.97. The van der Waals surface area contributed by atoms with Gasteiger partial charge in [0.25, 0.3) is 0 Å². The number of anilines is 1. The van der Waals surface area contributed by atoms with E-state index in [1.54, 1.807) is 0 Å². The molecule has 1 aromatic carbocycles. The third-order valence-corrected chi connectivity index (χ3v) is 3.98. The average molecular weight is 232 g/mol. The highest BCUT2D eigenvalue weighted by atomic mass is 32.2. The van der Waals surface area contributed by atoms with Crippen LogP contribution in [0.1, 0.15) is 18.4 Å². The second-order valence-electron chi connectivity index (χ2n) is 4.09. The minimum absolute atomic E-state index is 0.500. The van der Waals surface area contributed by atoms with Crippen LogP contribution in [0.3, 0.4) is 0 Å². The standard InChI is InChI=1S/C13H16N2S/c14-8-7-11-3-5-12(6-4-11)15-13-2-1-9-16-10-13/h3-6,13,15H,1-2,7,9-10H2. The maximum Gasteiger partial charge on any atom is 0.0669 e. The highest BCUT2D eigenvalue weighted by molar-refractivity contribution is 7.99. The van der Waals surface area contributed by atoms with E-state index < -0.39 is 0 Å². The number of nitriles is 1. The summed E-state index contributed by atoms with van der Waals surface area (Å²) < 4.78 is 0. The van der Waals surface area contributed by atoms with Gasteiger partial charge in [-0.1, -0.05) is 12.1 Å². The van der Waals surface area contributed by atoms with E-state index in [1.165, 1.54) is 30.0 Å². The minimum atomic E-state index is 0.500. The van der Waals surface area contributed by atoms with E-state index in [1.807, 2.05) is 23.9 Å². The van der Waals surface area contributed by atoms with E-state index in [2.05, 4.69) is 23.5 Å². The summed E-state index contributed by atoms with van der Waals surface area (Å²) in [5.74, 6) is 2.51. The first-order valence-electron chi connectivity index (χ1n) is 5.68. The summed E-state index contributed by atoms with van der Waals surface area (Å²) in [5.41, 5.74) is 2.26. The zero-order valence-corrected chi connectivity index (χ0v) is 10.1. The van der Waals surface area contributed by atoms with Crippen molar-refractivity contribution in [2.24, 2.45) is 0 Å². The van der Waals surface area contributed by atoms with E-state index in [9.17, 15) is 0 Å². The van der Waals surface area contributed by atoms with Crippen LogP contribution in [-0.2, 0) is 6.42 Å². The summed E-state index contributed by atoms with van der Waals surface area (Å²) in [7, 11) is 0. The van der Waals surface area contributed by atoms with Gasteiger partial charge >= 0.3 is 0 Å². The Labute approximate surface area is 101 Å². The molecular weight excluding hydrogens is 216 g/mol. The van der Waals surface area contributed by atoms with Gasteiger partial charge in [-0.25, -0.2) is 0 Å². The number of hydrogen-bond acceptors (Lipinski definition) is 3. The molecule has 16 heavy (non-hydrogen) atoms. The summed E-state index contributed by atoms with van der Waals surface area (Å²) in [5, 5.41) is 12.1. The Morgan fingerprint density at radius 1 is 1.38 bits per heavy atom. The zero-order chi connectivity index (χ0) is 11.2. The van der Waals surface area contributed by atoms with Crippen LogP contribution in [0.25, 0.3) is 0 Å². The van der Waals surface area contributed by atoms with Gasteiger partial charge < -0.3 is 5.32 Å². The molecule has 0 saturated carbocycles. The number of benzene rings is 1. The second-order valence-corrected chi connectivity index (χ2v) is 5.24. The molecule has 0 amide bonds.